The van der Waals surface area contributed by atoms with Crippen molar-refractivity contribution in [1.29, 1.82) is 10.5 Å². The summed E-state index contributed by atoms with van der Waals surface area (Å²) in [6.45, 7) is 7.39. The van der Waals surface area contributed by atoms with Gasteiger partial charge >= 0.3 is 0 Å². The average Bonchev–Trinajstić information content (AvgIpc) is 2.53. The molecule has 0 aliphatic carbocycles. The number of hydrogen-bond acceptors (Lipinski definition) is 6. The number of amides is 2. The Kier molecular flexibility index (Phi) is 11.4. The Bertz CT molecular complexity index is 476. The first-order valence-electron chi connectivity index (χ1n) is 8.22. The Morgan fingerprint density at radius 1 is 0.800 bits per heavy atom. The molecule has 0 fully saturated rings. The van der Waals surface area contributed by atoms with Crippen LogP contribution in [0.4, 0.5) is 0 Å². The number of carbonyl (C=O) groups is 2. The molecule has 2 amide bonds. The highest BCUT2D eigenvalue weighted by atomic mass is 32.2. The van der Waals surface area contributed by atoms with E-state index in [9.17, 15) is 9.59 Å². The molecule has 2 N–H and O–H groups in total. The smallest absolute Gasteiger partial charge is 0.238 e. The molecule has 8 heteroatoms. The van der Waals surface area contributed by atoms with Crippen LogP contribution in [-0.4, -0.2) is 34.8 Å². The first-order valence-corrected chi connectivity index (χ1v) is 10.5. The number of hydrogen-bond donors (Lipinski definition) is 2. The summed E-state index contributed by atoms with van der Waals surface area (Å²) in [6, 6.07) is 0. The van der Waals surface area contributed by atoms with E-state index in [4.69, 9.17) is 10.5 Å². The molecule has 0 rings (SSSR count). The molecule has 0 aromatic carbocycles. The number of nitrogens with one attached hydrogen (secondary N) is 2. The lowest BCUT2D eigenvalue weighted by atomic mass is 9.89. The summed E-state index contributed by atoms with van der Waals surface area (Å²) in [5.41, 5.74) is -1.04. The van der Waals surface area contributed by atoms with Crippen molar-refractivity contribution in [3.05, 3.63) is 0 Å². The van der Waals surface area contributed by atoms with Gasteiger partial charge in [-0.1, -0.05) is 27.7 Å². The fraction of sp³-hybridized carbons (Fsp3) is 0.765. The molecule has 0 saturated heterocycles. The van der Waals surface area contributed by atoms with E-state index in [0.29, 0.717) is 0 Å². The van der Waals surface area contributed by atoms with Gasteiger partial charge in [-0.3, -0.25) is 20.2 Å². The minimum atomic E-state index is -0.521. The molecule has 0 aliphatic rings. The Labute approximate surface area is 159 Å². The summed E-state index contributed by atoms with van der Waals surface area (Å²) in [7, 11) is 0. The molecule has 0 aromatic heterocycles. The van der Waals surface area contributed by atoms with Crippen LogP contribution in [0.3, 0.4) is 0 Å². The Balaban J connectivity index is 3.72. The maximum Gasteiger partial charge on any atom is 0.238 e. The van der Waals surface area contributed by atoms with E-state index in [1.165, 1.54) is 0 Å². The maximum absolute atomic E-state index is 11.7. The van der Waals surface area contributed by atoms with Crippen molar-refractivity contribution in [2.75, 3.05) is 23.0 Å². The fourth-order valence-electron chi connectivity index (χ4n) is 1.79. The normalized spacial score (nSPS) is 11.3. The van der Waals surface area contributed by atoms with Crippen LogP contribution < -0.4 is 10.6 Å². The van der Waals surface area contributed by atoms with Crippen LogP contribution in [0.5, 0.6) is 0 Å². The molecule has 0 radical (unpaired) electrons. The van der Waals surface area contributed by atoms with Gasteiger partial charge in [0.15, 0.2) is 12.4 Å². The first-order chi connectivity index (χ1) is 11.7. The van der Waals surface area contributed by atoms with Gasteiger partial charge in [-0.15, -0.1) is 0 Å². The average molecular weight is 385 g/mol. The van der Waals surface area contributed by atoms with E-state index in [-0.39, 0.29) is 11.8 Å². The molecule has 0 heterocycles. The van der Waals surface area contributed by atoms with Crippen LogP contribution >= 0.6 is 23.5 Å². The zero-order valence-electron chi connectivity index (χ0n) is 15.5. The molecule has 25 heavy (non-hydrogen) atoms. The van der Waals surface area contributed by atoms with Crippen molar-refractivity contribution in [1.82, 2.24) is 10.6 Å². The highest BCUT2D eigenvalue weighted by Gasteiger charge is 2.27. The quantitative estimate of drug-likeness (QED) is 0.304. The highest BCUT2D eigenvalue weighted by Crippen LogP contribution is 2.25. The third kappa shape index (κ3) is 10.3. The van der Waals surface area contributed by atoms with Gasteiger partial charge in [0.1, 0.15) is 0 Å². The third-order valence-electron chi connectivity index (χ3n) is 3.89. The van der Waals surface area contributed by atoms with Gasteiger partial charge in [0.05, 0.1) is 0 Å². The third-order valence-corrected chi connectivity index (χ3v) is 6.03. The first kappa shape index (κ1) is 23.6. The molecular formula is C17H28N4O2S2. The maximum atomic E-state index is 11.7. The Morgan fingerprint density at radius 2 is 1.16 bits per heavy atom. The molecule has 0 unspecified atom stereocenters. The number of rotatable bonds is 12. The predicted octanol–water partition coefficient (Wildman–Crippen LogP) is 2.87. The molecule has 6 nitrogen and oxygen atoms in total. The molecule has 0 bridgehead atoms. The molecule has 0 spiro atoms. The van der Waals surface area contributed by atoms with Crippen molar-refractivity contribution in [3.8, 4) is 12.4 Å². The van der Waals surface area contributed by atoms with E-state index in [1.54, 1.807) is 12.4 Å². The Morgan fingerprint density at radius 3 is 1.48 bits per heavy atom. The second-order valence-electron chi connectivity index (χ2n) is 6.98. The lowest BCUT2D eigenvalue weighted by Gasteiger charge is -2.21. The summed E-state index contributed by atoms with van der Waals surface area (Å²) in [6.07, 6.45) is 5.90. The van der Waals surface area contributed by atoms with Crippen molar-refractivity contribution < 1.29 is 9.59 Å². The monoisotopic (exact) mass is 384 g/mol. The summed E-state index contributed by atoms with van der Waals surface area (Å²) in [5.74, 6) is 3.38. The zero-order valence-corrected chi connectivity index (χ0v) is 17.1. The molecule has 140 valence electrons. The number of carbonyl (C=O) groups excluding carboxylic acids is 2. The summed E-state index contributed by atoms with van der Waals surface area (Å²) in [4.78, 5) is 23.4. The number of thioether (sulfide) groups is 2. The summed E-state index contributed by atoms with van der Waals surface area (Å²) < 4.78 is 0. The minimum absolute atomic E-state index is 0.228. The largest absolute Gasteiger partial charge is 0.273 e. The van der Waals surface area contributed by atoms with Crippen LogP contribution in [0.15, 0.2) is 0 Å². The van der Waals surface area contributed by atoms with Crippen LogP contribution in [0, 0.1) is 33.7 Å². The number of nitrogens with zero attached hydrogens (tertiary/aromatic N) is 2. The van der Waals surface area contributed by atoms with E-state index in [1.807, 2.05) is 51.2 Å². The van der Waals surface area contributed by atoms with Gasteiger partial charge < -0.3 is 0 Å². The SMILES string of the molecule is CC(C)(CCSCCCSCCC(C)(C)C(=O)NC#N)C(=O)NC#N. The topological polar surface area (TPSA) is 106 Å². The minimum Gasteiger partial charge on any atom is -0.273 e. The van der Waals surface area contributed by atoms with Gasteiger partial charge in [0, 0.05) is 10.8 Å². The summed E-state index contributed by atoms with van der Waals surface area (Å²) >= 11 is 3.63. The Hall–Kier alpha value is -1.38. The lowest BCUT2D eigenvalue weighted by Crippen LogP contribution is -2.34. The van der Waals surface area contributed by atoms with Gasteiger partial charge in [-0.25, -0.2) is 0 Å². The van der Waals surface area contributed by atoms with Gasteiger partial charge in [0.25, 0.3) is 0 Å². The fourth-order valence-corrected chi connectivity index (χ4v) is 4.39. The van der Waals surface area contributed by atoms with Crippen LogP contribution in [0.2, 0.25) is 0 Å². The van der Waals surface area contributed by atoms with Gasteiger partial charge in [0.2, 0.25) is 11.8 Å². The second-order valence-corrected chi connectivity index (χ2v) is 9.43. The highest BCUT2D eigenvalue weighted by molar-refractivity contribution is 8.00. The van der Waals surface area contributed by atoms with Crippen molar-refractivity contribution in [2.24, 2.45) is 10.8 Å². The molecular weight excluding hydrogens is 356 g/mol. The second kappa shape index (κ2) is 12.1. The molecule has 0 aliphatic heterocycles. The summed E-state index contributed by atoms with van der Waals surface area (Å²) in [5, 5.41) is 21.4. The molecule has 0 atom stereocenters. The van der Waals surface area contributed by atoms with Crippen molar-refractivity contribution in [3.63, 3.8) is 0 Å². The van der Waals surface area contributed by atoms with Crippen molar-refractivity contribution >= 4 is 35.3 Å². The van der Waals surface area contributed by atoms with Crippen LogP contribution in [0.1, 0.15) is 47.0 Å². The van der Waals surface area contributed by atoms with Crippen LogP contribution in [-0.2, 0) is 9.59 Å². The zero-order chi connectivity index (χ0) is 19.3. The lowest BCUT2D eigenvalue weighted by molar-refractivity contribution is -0.128. The molecule has 0 aromatic rings. The van der Waals surface area contributed by atoms with Gasteiger partial charge in [-0.2, -0.15) is 34.0 Å². The van der Waals surface area contributed by atoms with E-state index in [2.05, 4.69) is 10.6 Å². The van der Waals surface area contributed by atoms with Crippen LogP contribution in [0.25, 0.3) is 0 Å². The van der Waals surface area contributed by atoms with E-state index >= 15 is 0 Å². The predicted molar refractivity (Wildman–Crippen MR) is 104 cm³/mol. The number of nitriles is 2. The van der Waals surface area contributed by atoms with E-state index < -0.39 is 10.8 Å². The molecule has 0 saturated carbocycles. The van der Waals surface area contributed by atoms with Gasteiger partial charge in [-0.05, 0) is 42.3 Å². The standard InChI is InChI=1S/C17H28N4O2S2/c1-16(2,14(22)20-12-18)6-10-24-8-5-9-25-11-7-17(3,4)15(23)21-13-19/h5-11H2,1-4H3,(H,20,22)(H,21,23). The van der Waals surface area contributed by atoms with Crippen molar-refractivity contribution in [2.45, 2.75) is 47.0 Å². The van der Waals surface area contributed by atoms with E-state index in [0.717, 1.165) is 42.3 Å².